The van der Waals surface area contributed by atoms with Crippen LogP contribution in [0.2, 0.25) is 0 Å². The molecule has 14 heavy (non-hydrogen) atoms. The van der Waals surface area contributed by atoms with Crippen LogP contribution in [0.5, 0.6) is 5.75 Å². The average Bonchev–Trinajstić information content (AvgIpc) is 2.20. The minimum absolute atomic E-state index is 0.416. The van der Waals surface area contributed by atoms with Gasteiger partial charge in [-0.2, -0.15) is 11.8 Å². The van der Waals surface area contributed by atoms with Gasteiger partial charge in [-0.25, -0.2) is 0 Å². The molecule has 3 heteroatoms. The van der Waals surface area contributed by atoms with Gasteiger partial charge in [0, 0.05) is 4.90 Å². The van der Waals surface area contributed by atoms with E-state index in [-0.39, 0.29) is 0 Å². The average molecular weight is 228 g/mol. The predicted molar refractivity (Wildman–Crippen MR) is 66.7 cm³/mol. The van der Waals surface area contributed by atoms with Gasteiger partial charge in [-0.05, 0) is 54.9 Å². The third kappa shape index (κ3) is 2.61. The Labute approximate surface area is 94.3 Å². The fraction of sp³-hybridized carbons (Fsp3) is 0.455. The van der Waals surface area contributed by atoms with Gasteiger partial charge in [0.1, 0.15) is 5.75 Å². The van der Waals surface area contributed by atoms with E-state index in [0.29, 0.717) is 5.75 Å². The van der Waals surface area contributed by atoms with E-state index in [0.717, 1.165) is 17.7 Å². The number of phenolic OH excluding ortho intramolecular Hbond substituents is 1. The van der Waals surface area contributed by atoms with Crippen molar-refractivity contribution in [2.24, 2.45) is 0 Å². The molecule has 0 bridgehead atoms. The third-order valence-corrected chi connectivity index (χ3v) is 3.74. The normalized spacial score (nSPS) is 10.5. The number of benzene rings is 1. The van der Waals surface area contributed by atoms with Gasteiger partial charge in [0.2, 0.25) is 0 Å². The number of aromatic hydroxyl groups is 1. The summed E-state index contributed by atoms with van der Waals surface area (Å²) in [5.41, 5.74) is 2.33. The van der Waals surface area contributed by atoms with E-state index >= 15 is 0 Å². The van der Waals surface area contributed by atoms with Crippen LogP contribution in [0.4, 0.5) is 0 Å². The van der Waals surface area contributed by atoms with Gasteiger partial charge in [-0.3, -0.25) is 0 Å². The molecule has 0 saturated heterocycles. The lowest BCUT2D eigenvalue weighted by atomic mass is 10.1. The van der Waals surface area contributed by atoms with Crippen LogP contribution in [0.1, 0.15) is 11.1 Å². The van der Waals surface area contributed by atoms with Gasteiger partial charge in [0.25, 0.3) is 0 Å². The van der Waals surface area contributed by atoms with Gasteiger partial charge in [0.05, 0.1) is 0 Å². The first-order valence-corrected chi connectivity index (χ1v) is 7.17. The zero-order chi connectivity index (χ0) is 10.6. The molecular formula is C11H16OS2. The maximum absolute atomic E-state index is 9.60. The second-order valence-corrected chi connectivity index (χ2v) is 4.97. The lowest BCUT2D eigenvalue weighted by molar-refractivity contribution is 0.469. The highest BCUT2D eigenvalue weighted by molar-refractivity contribution is 7.99. The number of hydrogen-bond acceptors (Lipinski definition) is 3. The van der Waals surface area contributed by atoms with Gasteiger partial charge >= 0.3 is 0 Å². The van der Waals surface area contributed by atoms with Crippen LogP contribution >= 0.6 is 23.5 Å². The van der Waals surface area contributed by atoms with Crippen molar-refractivity contribution in [3.8, 4) is 5.75 Å². The minimum atomic E-state index is 0.416. The van der Waals surface area contributed by atoms with Crippen molar-refractivity contribution in [3.63, 3.8) is 0 Å². The maximum atomic E-state index is 9.60. The Kier molecular flexibility index (Phi) is 4.69. The molecule has 0 amide bonds. The maximum Gasteiger partial charge on any atom is 0.118 e. The molecule has 0 radical (unpaired) electrons. The monoisotopic (exact) mass is 228 g/mol. The van der Waals surface area contributed by atoms with Crippen LogP contribution < -0.4 is 0 Å². The van der Waals surface area contributed by atoms with Gasteiger partial charge in [-0.15, -0.1) is 11.8 Å². The highest BCUT2D eigenvalue weighted by Crippen LogP contribution is 2.30. The fourth-order valence-corrected chi connectivity index (χ4v) is 2.54. The van der Waals surface area contributed by atoms with Crippen molar-refractivity contribution in [1.82, 2.24) is 0 Å². The molecule has 0 aliphatic rings. The van der Waals surface area contributed by atoms with Crippen LogP contribution in [0.25, 0.3) is 0 Å². The van der Waals surface area contributed by atoms with E-state index in [1.807, 2.05) is 24.8 Å². The summed E-state index contributed by atoms with van der Waals surface area (Å²) in [5, 5.41) is 9.60. The molecule has 1 nitrogen and oxygen atoms in total. The standard InChI is InChI=1S/C11H16OS2/c1-8-9(6-7-13-2)11(14-3)5-4-10(8)12/h4-5,12H,6-7H2,1-3H3. The molecule has 1 aromatic carbocycles. The Balaban J connectivity index is 3.01. The van der Waals surface area contributed by atoms with Crippen molar-refractivity contribution < 1.29 is 5.11 Å². The lowest BCUT2D eigenvalue weighted by Crippen LogP contribution is -1.95. The molecule has 1 rings (SSSR count). The third-order valence-electron chi connectivity index (χ3n) is 2.30. The summed E-state index contributed by atoms with van der Waals surface area (Å²) < 4.78 is 0. The number of thioether (sulfide) groups is 2. The smallest absolute Gasteiger partial charge is 0.118 e. The first kappa shape index (κ1) is 11.8. The van der Waals surface area contributed by atoms with E-state index in [1.54, 1.807) is 17.8 Å². The van der Waals surface area contributed by atoms with Crippen molar-refractivity contribution in [3.05, 3.63) is 23.3 Å². The lowest BCUT2D eigenvalue weighted by Gasteiger charge is -2.11. The summed E-state index contributed by atoms with van der Waals surface area (Å²) in [4.78, 5) is 1.29. The molecule has 1 aromatic rings. The summed E-state index contributed by atoms with van der Waals surface area (Å²) in [5.74, 6) is 1.52. The van der Waals surface area contributed by atoms with Crippen molar-refractivity contribution in [1.29, 1.82) is 0 Å². The zero-order valence-electron chi connectivity index (χ0n) is 8.83. The molecule has 0 saturated carbocycles. The molecule has 1 N–H and O–H groups in total. The van der Waals surface area contributed by atoms with E-state index in [9.17, 15) is 5.11 Å². The van der Waals surface area contributed by atoms with Crippen molar-refractivity contribution in [2.75, 3.05) is 18.3 Å². The molecule has 0 atom stereocenters. The second-order valence-electron chi connectivity index (χ2n) is 3.13. The highest BCUT2D eigenvalue weighted by Gasteiger charge is 2.08. The van der Waals surface area contributed by atoms with E-state index < -0.39 is 0 Å². The van der Waals surface area contributed by atoms with Crippen LogP contribution in [0.15, 0.2) is 17.0 Å². The van der Waals surface area contributed by atoms with Gasteiger partial charge in [-0.1, -0.05) is 0 Å². The van der Waals surface area contributed by atoms with Crippen LogP contribution in [0, 0.1) is 6.92 Å². The van der Waals surface area contributed by atoms with Crippen molar-refractivity contribution >= 4 is 23.5 Å². The van der Waals surface area contributed by atoms with Gasteiger partial charge < -0.3 is 5.11 Å². The topological polar surface area (TPSA) is 20.2 Å². The first-order chi connectivity index (χ1) is 6.70. The molecule has 0 heterocycles. The Morgan fingerprint density at radius 2 is 2.00 bits per heavy atom. The largest absolute Gasteiger partial charge is 0.508 e. The molecular weight excluding hydrogens is 212 g/mol. The molecule has 78 valence electrons. The number of rotatable bonds is 4. The summed E-state index contributed by atoms with van der Waals surface area (Å²) in [6.07, 6.45) is 5.23. The summed E-state index contributed by atoms with van der Waals surface area (Å²) in [6.45, 7) is 1.99. The summed E-state index contributed by atoms with van der Waals surface area (Å²) >= 11 is 3.59. The van der Waals surface area contributed by atoms with E-state index in [1.165, 1.54) is 10.5 Å². The molecule has 0 aromatic heterocycles. The Morgan fingerprint density at radius 1 is 1.29 bits per heavy atom. The van der Waals surface area contributed by atoms with E-state index in [2.05, 4.69) is 12.5 Å². The Morgan fingerprint density at radius 3 is 2.57 bits per heavy atom. The molecule has 0 spiro atoms. The minimum Gasteiger partial charge on any atom is -0.508 e. The van der Waals surface area contributed by atoms with E-state index in [4.69, 9.17) is 0 Å². The van der Waals surface area contributed by atoms with Gasteiger partial charge in [0.15, 0.2) is 0 Å². The summed E-state index contributed by atoms with van der Waals surface area (Å²) in [7, 11) is 0. The predicted octanol–water partition coefficient (Wildman–Crippen LogP) is 3.33. The molecule has 0 fully saturated rings. The van der Waals surface area contributed by atoms with Crippen LogP contribution in [0.3, 0.4) is 0 Å². The quantitative estimate of drug-likeness (QED) is 0.798. The zero-order valence-corrected chi connectivity index (χ0v) is 10.5. The fourth-order valence-electron chi connectivity index (χ4n) is 1.43. The number of phenols is 1. The number of hydrogen-bond donors (Lipinski definition) is 1. The molecule has 0 aliphatic carbocycles. The second kappa shape index (κ2) is 5.56. The van der Waals surface area contributed by atoms with Crippen molar-refractivity contribution in [2.45, 2.75) is 18.2 Å². The highest BCUT2D eigenvalue weighted by atomic mass is 32.2. The summed E-state index contributed by atoms with van der Waals surface area (Å²) in [6, 6.07) is 3.78. The first-order valence-electron chi connectivity index (χ1n) is 4.55. The molecule has 0 unspecified atom stereocenters. The Bertz CT molecular complexity index is 310. The van der Waals surface area contributed by atoms with Crippen LogP contribution in [-0.2, 0) is 6.42 Å². The molecule has 0 aliphatic heterocycles. The SMILES string of the molecule is CSCCc1c(SC)ccc(O)c1C. The Hall–Kier alpha value is -0.280. The van der Waals surface area contributed by atoms with Crippen LogP contribution in [-0.4, -0.2) is 23.4 Å².